The van der Waals surface area contributed by atoms with E-state index < -0.39 is 5.97 Å². The first kappa shape index (κ1) is 9.52. The van der Waals surface area contributed by atoms with E-state index in [2.05, 4.69) is 12.6 Å². The van der Waals surface area contributed by atoms with Gasteiger partial charge in [0.15, 0.2) is 0 Å². The van der Waals surface area contributed by atoms with Crippen molar-refractivity contribution in [1.29, 1.82) is 0 Å². The summed E-state index contributed by atoms with van der Waals surface area (Å²) in [6.45, 7) is 7.15. The van der Waals surface area contributed by atoms with E-state index in [0.29, 0.717) is 5.75 Å². The molecule has 0 spiro atoms. The monoisotopic (exact) mass is 175 g/mol. The smallest absolute Gasteiger partial charge is 0.335 e. The second-order valence-corrected chi connectivity index (χ2v) is 2.81. The molecule has 13 heavy (non-hydrogen) atoms. The number of hydrogen-bond acceptors (Lipinski definition) is 2. The average Bonchev–Trinajstić information content (AvgIpc) is 2.09. The van der Waals surface area contributed by atoms with Gasteiger partial charge in [-0.3, -0.25) is 0 Å². The molecule has 0 amide bonds. The molecule has 1 radical (unpaired) electrons. The van der Waals surface area contributed by atoms with Gasteiger partial charge in [-0.25, -0.2) is 4.79 Å². The zero-order chi connectivity index (χ0) is 9.84. The van der Waals surface area contributed by atoms with Crippen LogP contribution in [0.4, 0.5) is 0 Å². The van der Waals surface area contributed by atoms with E-state index in [0.717, 1.165) is 17.2 Å². The van der Waals surface area contributed by atoms with E-state index in [1.54, 1.807) is 6.07 Å². The Labute approximate surface area is 77.8 Å². The maximum absolute atomic E-state index is 10.9. The van der Waals surface area contributed by atoms with Crippen molar-refractivity contribution in [2.75, 3.05) is 0 Å². The summed E-state index contributed by atoms with van der Waals surface area (Å²) in [6.07, 6.45) is 1.13. The Balaban J connectivity index is 2.89. The fourth-order valence-corrected chi connectivity index (χ4v) is 0.994. The van der Waals surface area contributed by atoms with Crippen molar-refractivity contribution in [2.24, 2.45) is 0 Å². The van der Waals surface area contributed by atoms with Crippen molar-refractivity contribution < 1.29 is 9.53 Å². The van der Waals surface area contributed by atoms with Crippen molar-refractivity contribution in [1.82, 2.24) is 0 Å². The lowest BCUT2D eigenvalue weighted by Crippen LogP contribution is -2.04. The van der Waals surface area contributed by atoms with Crippen LogP contribution in [0.2, 0.25) is 0 Å². The van der Waals surface area contributed by atoms with Gasteiger partial charge in [-0.15, -0.1) is 0 Å². The molecule has 0 saturated carbocycles. The zero-order valence-electron chi connectivity index (χ0n) is 7.76. The predicted molar refractivity (Wildman–Crippen MR) is 50.6 cm³/mol. The van der Waals surface area contributed by atoms with Gasteiger partial charge in [0.25, 0.3) is 0 Å². The molecule has 1 aromatic carbocycles. The van der Waals surface area contributed by atoms with Crippen LogP contribution in [0.15, 0.2) is 24.8 Å². The lowest BCUT2D eigenvalue weighted by atomic mass is 10.1. The maximum atomic E-state index is 10.9. The van der Waals surface area contributed by atoms with Gasteiger partial charge in [0.2, 0.25) is 0 Å². The van der Waals surface area contributed by atoms with Gasteiger partial charge in [-0.2, -0.15) is 0 Å². The molecule has 67 valence electrons. The largest absolute Gasteiger partial charge is 0.422 e. The molecule has 0 heterocycles. The number of aryl methyl sites for hydroxylation is 2. The van der Waals surface area contributed by atoms with Gasteiger partial charge in [0, 0.05) is 12.1 Å². The minimum Gasteiger partial charge on any atom is -0.422 e. The first-order valence-electron chi connectivity index (χ1n) is 3.96. The average molecular weight is 175 g/mol. The Morgan fingerprint density at radius 1 is 1.62 bits per heavy atom. The number of ether oxygens (including phenoxy) is 1. The lowest BCUT2D eigenvalue weighted by Gasteiger charge is -2.04. The van der Waals surface area contributed by atoms with E-state index >= 15 is 0 Å². The molecule has 2 nitrogen and oxygen atoms in total. The standard InChI is InChI=1S/C11H11O2/c1-4-11(12)13-10-6-5-8(2)7-9(10)3/h4-5,7H,1H2,2-3H3. The zero-order valence-corrected chi connectivity index (χ0v) is 7.76. The van der Waals surface area contributed by atoms with E-state index in [-0.39, 0.29) is 0 Å². The highest BCUT2D eigenvalue weighted by Crippen LogP contribution is 2.17. The Bertz CT molecular complexity index is 340. The highest BCUT2D eigenvalue weighted by Gasteiger charge is 2.03. The van der Waals surface area contributed by atoms with Crippen LogP contribution >= 0.6 is 0 Å². The summed E-state index contributed by atoms with van der Waals surface area (Å²) < 4.78 is 4.94. The van der Waals surface area contributed by atoms with Gasteiger partial charge in [0.1, 0.15) is 5.75 Å². The number of carbonyl (C=O) groups is 1. The number of carbonyl (C=O) groups excluding carboxylic acids is 1. The molecular formula is C11H11O2. The fourth-order valence-electron chi connectivity index (χ4n) is 0.994. The molecule has 2 heteroatoms. The third-order valence-corrected chi connectivity index (χ3v) is 1.60. The summed E-state index contributed by atoms with van der Waals surface area (Å²) in [6, 6.07) is 6.59. The Kier molecular flexibility index (Phi) is 2.85. The van der Waals surface area contributed by atoms with E-state index in [1.807, 2.05) is 19.9 Å². The number of rotatable bonds is 2. The van der Waals surface area contributed by atoms with Crippen LogP contribution in [-0.4, -0.2) is 5.97 Å². The first-order chi connectivity index (χ1) is 6.13. The topological polar surface area (TPSA) is 26.3 Å². The van der Waals surface area contributed by atoms with Crippen LogP contribution in [0.5, 0.6) is 5.75 Å². The summed E-state index contributed by atoms with van der Waals surface area (Å²) in [5.74, 6) is 0.0127. The maximum Gasteiger partial charge on any atom is 0.335 e. The molecule has 0 bridgehead atoms. The van der Waals surface area contributed by atoms with Crippen LogP contribution in [-0.2, 0) is 4.79 Å². The Morgan fingerprint density at radius 3 is 2.85 bits per heavy atom. The minimum atomic E-state index is -0.455. The molecule has 0 unspecified atom stereocenters. The first-order valence-corrected chi connectivity index (χ1v) is 3.96. The van der Waals surface area contributed by atoms with E-state index in [1.165, 1.54) is 0 Å². The SMILES string of the molecule is C=CC(=O)Oc1[c]cc(C)cc1C. The van der Waals surface area contributed by atoms with Crippen LogP contribution in [0, 0.1) is 19.9 Å². The molecule has 0 atom stereocenters. The van der Waals surface area contributed by atoms with Gasteiger partial charge >= 0.3 is 5.97 Å². The quantitative estimate of drug-likeness (QED) is 0.391. The highest BCUT2D eigenvalue weighted by atomic mass is 16.5. The van der Waals surface area contributed by atoms with Crippen molar-refractivity contribution in [3.63, 3.8) is 0 Å². The summed E-state index contributed by atoms with van der Waals surface area (Å²) >= 11 is 0. The van der Waals surface area contributed by atoms with Gasteiger partial charge in [-0.05, 0) is 31.0 Å². The second-order valence-electron chi connectivity index (χ2n) is 2.81. The molecular weight excluding hydrogens is 164 g/mol. The lowest BCUT2D eigenvalue weighted by molar-refractivity contribution is -0.129. The molecule has 0 aliphatic rings. The normalized spacial score (nSPS) is 9.38. The molecule has 0 fully saturated rings. The third kappa shape index (κ3) is 2.44. The Hall–Kier alpha value is -1.57. The van der Waals surface area contributed by atoms with Crippen LogP contribution in [0.1, 0.15) is 11.1 Å². The fraction of sp³-hybridized carbons (Fsp3) is 0.182. The summed E-state index contributed by atoms with van der Waals surface area (Å²) in [5.41, 5.74) is 1.99. The number of esters is 1. The highest BCUT2D eigenvalue weighted by molar-refractivity contribution is 5.83. The molecule has 0 aliphatic carbocycles. The molecule has 1 rings (SSSR count). The van der Waals surface area contributed by atoms with Crippen molar-refractivity contribution >= 4 is 5.97 Å². The molecule has 0 saturated heterocycles. The summed E-state index contributed by atoms with van der Waals surface area (Å²) in [4.78, 5) is 10.9. The third-order valence-electron chi connectivity index (χ3n) is 1.60. The van der Waals surface area contributed by atoms with Crippen molar-refractivity contribution in [3.8, 4) is 5.75 Å². The van der Waals surface area contributed by atoms with Crippen molar-refractivity contribution in [3.05, 3.63) is 42.0 Å². The minimum absolute atomic E-state index is 0.455. The van der Waals surface area contributed by atoms with E-state index in [9.17, 15) is 4.79 Å². The summed E-state index contributed by atoms with van der Waals surface area (Å²) in [5, 5.41) is 0. The predicted octanol–water partition coefficient (Wildman–Crippen LogP) is 2.20. The molecule has 0 aromatic heterocycles. The number of hydrogen-bond donors (Lipinski definition) is 0. The van der Waals surface area contributed by atoms with Crippen LogP contribution in [0.3, 0.4) is 0 Å². The summed E-state index contributed by atoms with van der Waals surface area (Å²) in [7, 11) is 0. The van der Waals surface area contributed by atoms with E-state index in [4.69, 9.17) is 4.74 Å². The van der Waals surface area contributed by atoms with Gasteiger partial charge in [-0.1, -0.05) is 12.6 Å². The number of benzene rings is 1. The second kappa shape index (κ2) is 3.90. The van der Waals surface area contributed by atoms with Gasteiger partial charge in [0.05, 0.1) is 0 Å². The Morgan fingerprint density at radius 2 is 2.31 bits per heavy atom. The van der Waals surface area contributed by atoms with Gasteiger partial charge < -0.3 is 4.74 Å². The molecule has 1 aromatic rings. The molecule has 0 N–H and O–H groups in total. The van der Waals surface area contributed by atoms with Crippen LogP contribution < -0.4 is 4.74 Å². The van der Waals surface area contributed by atoms with Crippen molar-refractivity contribution in [2.45, 2.75) is 13.8 Å². The molecule has 0 aliphatic heterocycles. The van der Waals surface area contributed by atoms with Crippen LogP contribution in [0.25, 0.3) is 0 Å².